The van der Waals surface area contributed by atoms with Gasteiger partial charge >= 0.3 is 5.97 Å². The van der Waals surface area contributed by atoms with E-state index in [4.69, 9.17) is 5.11 Å². The summed E-state index contributed by atoms with van der Waals surface area (Å²) in [7, 11) is 0. The van der Waals surface area contributed by atoms with Gasteiger partial charge in [-0.3, -0.25) is 9.69 Å². The summed E-state index contributed by atoms with van der Waals surface area (Å²) in [6.07, 6.45) is 0.649. The largest absolute Gasteiger partial charge is 0.480 e. The van der Waals surface area contributed by atoms with Crippen molar-refractivity contribution in [3.63, 3.8) is 0 Å². The van der Waals surface area contributed by atoms with Gasteiger partial charge in [0.1, 0.15) is 11.9 Å². The highest BCUT2D eigenvalue weighted by Crippen LogP contribution is 2.23. The molecule has 2 unspecified atom stereocenters. The first-order chi connectivity index (χ1) is 8.99. The summed E-state index contributed by atoms with van der Waals surface area (Å²) < 4.78 is 13.2. The number of carbonyl (C=O) groups is 1. The molecule has 104 valence electrons. The quantitative estimate of drug-likeness (QED) is 0.872. The Labute approximate surface area is 111 Å². The maximum atomic E-state index is 13.2. The van der Waals surface area contributed by atoms with Gasteiger partial charge in [-0.25, -0.2) is 4.39 Å². The van der Waals surface area contributed by atoms with Gasteiger partial charge < -0.3 is 10.2 Å². The van der Waals surface area contributed by atoms with Gasteiger partial charge in [-0.2, -0.15) is 0 Å². The number of carboxylic acids is 1. The normalized spacial score (nSPS) is 21.5. The minimum absolute atomic E-state index is 0.266. The summed E-state index contributed by atoms with van der Waals surface area (Å²) in [5.41, 5.74) is 1.10. The summed E-state index contributed by atoms with van der Waals surface area (Å²) in [6, 6.07) is 3.95. The first-order valence-corrected chi connectivity index (χ1v) is 6.40. The van der Waals surface area contributed by atoms with Crippen LogP contribution in [0, 0.1) is 12.7 Å². The molecule has 0 radical (unpaired) electrons. The van der Waals surface area contributed by atoms with Gasteiger partial charge in [-0.15, -0.1) is 0 Å². The predicted octanol–water partition coefficient (Wildman–Crippen LogP) is 1.72. The van der Waals surface area contributed by atoms with E-state index in [0.717, 1.165) is 6.42 Å². The minimum atomic E-state index is -0.847. The zero-order chi connectivity index (χ0) is 14.0. The van der Waals surface area contributed by atoms with Crippen LogP contribution in [0.4, 0.5) is 4.39 Å². The minimum Gasteiger partial charge on any atom is -0.480 e. The smallest absolute Gasteiger partial charge is 0.320 e. The summed E-state index contributed by atoms with van der Waals surface area (Å²) >= 11 is 0. The van der Waals surface area contributed by atoms with Crippen molar-refractivity contribution in [2.75, 3.05) is 13.1 Å². The van der Waals surface area contributed by atoms with Crippen molar-refractivity contribution in [1.82, 2.24) is 4.90 Å². The molecule has 1 aromatic carbocycles. The van der Waals surface area contributed by atoms with Crippen LogP contribution in [-0.4, -0.2) is 40.2 Å². The van der Waals surface area contributed by atoms with Crippen LogP contribution in [0.5, 0.6) is 0 Å². The van der Waals surface area contributed by atoms with Crippen molar-refractivity contribution in [3.8, 4) is 0 Å². The SMILES string of the molecule is Cc1cc(C(O)CN2CCCC2C(=O)O)ccc1F. The molecule has 0 aliphatic carbocycles. The first-order valence-electron chi connectivity index (χ1n) is 6.40. The summed E-state index contributed by atoms with van der Waals surface area (Å²) in [5.74, 6) is -1.15. The van der Waals surface area contributed by atoms with Crippen molar-refractivity contribution in [1.29, 1.82) is 0 Å². The van der Waals surface area contributed by atoms with E-state index in [0.29, 0.717) is 24.1 Å². The Morgan fingerprint density at radius 3 is 2.95 bits per heavy atom. The molecule has 1 heterocycles. The molecule has 0 spiro atoms. The monoisotopic (exact) mass is 267 g/mol. The molecule has 1 aromatic rings. The average molecular weight is 267 g/mol. The molecule has 4 nitrogen and oxygen atoms in total. The van der Waals surface area contributed by atoms with Crippen LogP contribution >= 0.6 is 0 Å². The first kappa shape index (κ1) is 14.0. The summed E-state index contributed by atoms with van der Waals surface area (Å²) in [4.78, 5) is 12.8. The van der Waals surface area contributed by atoms with Gasteiger partial charge in [-0.05, 0) is 43.5 Å². The molecular formula is C14H18FNO3. The molecule has 0 saturated carbocycles. The highest BCUT2D eigenvalue weighted by molar-refractivity contribution is 5.73. The van der Waals surface area contributed by atoms with Crippen LogP contribution in [0.2, 0.25) is 0 Å². The molecule has 0 amide bonds. The number of nitrogens with zero attached hydrogens (tertiary/aromatic N) is 1. The van der Waals surface area contributed by atoms with Gasteiger partial charge in [0.25, 0.3) is 0 Å². The fraction of sp³-hybridized carbons (Fsp3) is 0.500. The standard InChI is InChI=1S/C14H18FNO3/c1-9-7-10(4-5-11(9)15)13(17)8-16-6-2-3-12(16)14(18)19/h4-5,7,12-13,17H,2-3,6,8H2,1H3,(H,18,19). The molecule has 1 fully saturated rings. The molecule has 19 heavy (non-hydrogen) atoms. The maximum absolute atomic E-state index is 13.2. The fourth-order valence-corrected chi connectivity index (χ4v) is 2.53. The van der Waals surface area contributed by atoms with Gasteiger partial charge in [0.05, 0.1) is 6.10 Å². The molecular weight excluding hydrogens is 249 g/mol. The van der Waals surface area contributed by atoms with Crippen LogP contribution < -0.4 is 0 Å². The Balaban J connectivity index is 2.06. The molecule has 1 saturated heterocycles. The molecule has 2 N–H and O–H groups in total. The van der Waals surface area contributed by atoms with E-state index in [2.05, 4.69) is 0 Å². The lowest BCUT2D eigenvalue weighted by Gasteiger charge is -2.24. The Kier molecular flexibility index (Phi) is 4.17. The van der Waals surface area contributed by atoms with E-state index in [1.165, 1.54) is 6.07 Å². The number of halogens is 1. The van der Waals surface area contributed by atoms with Gasteiger partial charge in [0.2, 0.25) is 0 Å². The highest BCUT2D eigenvalue weighted by Gasteiger charge is 2.31. The van der Waals surface area contributed by atoms with E-state index >= 15 is 0 Å². The van der Waals surface area contributed by atoms with Gasteiger partial charge in [0, 0.05) is 6.54 Å². The second-order valence-corrected chi connectivity index (χ2v) is 5.02. The summed E-state index contributed by atoms with van der Waals surface area (Å²) in [5, 5.41) is 19.2. The Morgan fingerprint density at radius 1 is 1.58 bits per heavy atom. The molecule has 5 heteroatoms. The second-order valence-electron chi connectivity index (χ2n) is 5.02. The second kappa shape index (κ2) is 5.67. The number of hydrogen-bond donors (Lipinski definition) is 2. The Morgan fingerprint density at radius 2 is 2.32 bits per heavy atom. The molecule has 2 rings (SSSR count). The van der Waals surface area contributed by atoms with Gasteiger partial charge in [-0.1, -0.05) is 12.1 Å². The lowest BCUT2D eigenvalue weighted by Crippen LogP contribution is -2.38. The number of aliphatic hydroxyl groups excluding tert-OH is 1. The Bertz CT molecular complexity index is 478. The topological polar surface area (TPSA) is 60.8 Å². The third-order valence-electron chi connectivity index (χ3n) is 3.62. The Hall–Kier alpha value is -1.46. The van der Waals surface area contributed by atoms with Crippen LogP contribution in [0.25, 0.3) is 0 Å². The number of aliphatic hydroxyl groups is 1. The van der Waals surface area contributed by atoms with Crippen LogP contribution in [0.15, 0.2) is 18.2 Å². The number of aryl methyl sites for hydroxylation is 1. The zero-order valence-corrected chi connectivity index (χ0v) is 10.8. The summed E-state index contributed by atoms with van der Waals surface area (Å²) in [6.45, 7) is 2.58. The van der Waals surface area contributed by atoms with E-state index in [-0.39, 0.29) is 12.4 Å². The number of likely N-dealkylation sites (tertiary alicyclic amines) is 1. The highest BCUT2D eigenvalue weighted by atomic mass is 19.1. The van der Waals surface area contributed by atoms with Crippen molar-refractivity contribution in [2.45, 2.75) is 31.9 Å². The third kappa shape index (κ3) is 3.11. The van der Waals surface area contributed by atoms with Crippen molar-refractivity contribution in [3.05, 3.63) is 35.1 Å². The van der Waals surface area contributed by atoms with E-state index in [1.54, 1.807) is 24.0 Å². The van der Waals surface area contributed by atoms with Crippen LogP contribution in [0.1, 0.15) is 30.1 Å². The molecule has 2 atom stereocenters. The van der Waals surface area contributed by atoms with E-state index in [9.17, 15) is 14.3 Å². The molecule has 1 aliphatic rings. The van der Waals surface area contributed by atoms with E-state index < -0.39 is 18.1 Å². The number of hydrogen-bond acceptors (Lipinski definition) is 3. The molecule has 0 bridgehead atoms. The number of β-amino-alcohol motifs (C(OH)–C–C–N with tert-alkyl or cyclic N) is 1. The third-order valence-corrected chi connectivity index (χ3v) is 3.62. The molecule has 1 aliphatic heterocycles. The van der Waals surface area contributed by atoms with E-state index in [1.807, 2.05) is 0 Å². The maximum Gasteiger partial charge on any atom is 0.320 e. The number of rotatable bonds is 4. The predicted molar refractivity (Wildman–Crippen MR) is 68.3 cm³/mol. The van der Waals surface area contributed by atoms with Crippen molar-refractivity contribution < 1.29 is 19.4 Å². The number of carboxylic acid groups (broad SMARTS) is 1. The van der Waals surface area contributed by atoms with Crippen molar-refractivity contribution >= 4 is 5.97 Å². The van der Waals surface area contributed by atoms with Gasteiger partial charge in [0.15, 0.2) is 0 Å². The fourth-order valence-electron chi connectivity index (χ4n) is 2.53. The molecule has 0 aromatic heterocycles. The van der Waals surface area contributed by atoms with Crippen molar-refractivity contribution in [2.24, 2.45) is 0 Å². The number of aliphatic carboxylic acids is 1. The van der Waals surface area contributed by atoms with Crippen LogP contribution in [-0.2, 0) is 4.79 Å². The lowest BCUT2D eigenvalue weighted by molar-refractivity contribution is -0.142. The lowest BCUT2D eigenvalue weighted by atomic mass is 10.1. The number of benzene rings is 1. The zero-order valence-electron chi connectivity index (χ0n) is 10.8. The van der Waals surface area contributed by atoms with Crippen LogP contribution in [0.3, 0.4) is 0 Å². The average Bonchev–Trinajstić information content (AvgIpc) is 2.80.